The summed E-state index contributed by atoms with van der Waals surface area (Å²) in [5, 5.41) is 0.691. The Bertz CT molecular complexity index is 1410. The molecule has 2 heterocycles. The highest BCUT2D eigenvalue weighted by molar-refractivity contribution is 7.22. The highest BCUT2D eigenvalue weighted by Crippen LogP contribution is 2.33. The lowest BCUT2D eigenvalue weighted by molar-refractivity contribution is 0.0985. The molecule has 0 saturated heterocycles. The average molecular weight is 425 g/mol. The second kappa shape index (κ2) is 7.89. The summed E-state index contributed by atoms with van der Waals surface area (Å²) < 4.78 is 1.08. The third kappa shape index (κ3) is 3.66. The van der Waals surface area contributed by atoms with Gasteiger partial charge in [0.2, 0.25) is 0 Å². The SMILES string of the molecule is Cc1ccc2sc(N(Cc3ccccc3)C(=O)c3ccc4nccnc4c3)nc2c1C. The molecule has 0 saturated carbocycles. The van der Waals surface area contributed by atoms with Crippen LogP contribution in [0.4, 0.5) is 5.13 Å². The molecule has 5 nitrogen and oxygen atoms in total. The molecule has 0 N–H and O–H groups in total. The standard InChI is InChI=1S/C25H20N4OS/c1-16-8-11-22-23(17(16)2)28-25(31-22)29(15-18-6-4-3-5-7-18)24(30)19-9-10-20-21(14-19)27-13-12-26-20/h3-14H,15H2,1-2H3. The fourth-order valence-corrected chi connectivity index (χ4v) is 4.60. The van der Waals surface area contributed by atoms with E-state index in [1.165, 1.54) is 5.56 Å². The van der Waals surface area contributed by atoms with Crippen molar-refractivity contribution in [2.75, 3.05) is 4.90 Å². The minimum Gasteiger partial charge on any atom is -0.279 e. The monoisotopic (exact) mass is 424 g/mol. The van der Waals surface area contributed by atoms with E-state index in [-0.39, 0.29) is 5.91 Å². The summed E-state index contributed by atoms with van der Waals surface area (Å²) >= 11 is 1.54. The molecule has 152 valence electrons. The van der Waals surface area contributed by atoms with E-state index in [9.17, 15) is 4.79 Å². The van der Waals surface area contributed by atoms with Gasteiger partial charge in [-0.25, -0.2) is 4.98 Å². The van der Waals surface area contributed by atoms with Gasteiger partial charge in [-0.3, -0.25) is 19.7 Å². The summed E-state index contributed by atoms with van der Waals surface area (Å²) in [6.07, 6.45) is 3.29. The summed E-state index contributed by atoms with van der Waals surface area (Å²) in [4.78, 5) is 28.9. The van der Waals surface area contributed by atoms with Gasteiger partial charge in [0.1, 0.15) is 0 Å². The Morgan fingerprint density at radius 1 is 0.935 bits per heavy atom. The smallest absolute Gasteiger partial charge is 0.260 e. The van der Waals surface area contributed by atoms with E-state index >= 15 is 0 Å². The van der Waals surface area contributed by atoms with Crippen molar-refractivity contribution in [2.45, 2.75) is 20.4 Å². The molecule has 0 aliphatic heterocycles. The van der Waals surface area contributed by atoms with E-state index in [4.69, 9.17) is 4.98 Å². The number of carbonyl (C=O) groups excluding carboxylic acids is 1. The Morgan fingerprint density at radius 2 is 1.71 bits per heavy atom. The molecule has 0 fully saturated rings. The van der Waals surface area contributed by atoms with Crippen LogP contribution in [0.1, 0.15) is 27.0 Å². The van der Waals surface area contributed by atoms with E-state index in [2.05, 4.69) is 35.9 Å². The average Bonchev–Trinajstić information content (AvgIpc) is 3.25. The predicted molar refractivity (Wildman–Crippen MR) is 126 cm³/mol. The number of nitrogens with zero attached hydrogens (tertiary/aromatic N) is 4. The van der Waals surface area contributed by atoms with Crippen LogP contribution in [-0.4, -0.2) is 20.9 Å². The van der Waals surface area contributed by atoms with Crippen molar-refractivity contribution in [3.05, 3.63) is 95.3 Å². The number of aromatic nitrogens is 3. The molecule has 0 atom stereocenters. The normalized spacial score (nSPS) is 11.2. The van der Waals surface area contributed by atoms with Crippen molar-refractivity contribution in [1.29, 1.82) is 0 Å². The van der Waals surface area contributed by atoms with Gasteiger partial charge in [-0.15, -0.1) is 0 Å². The summed E-state index contributed by atoms with van der Waals surface area (Å²) in [5.41, 5.74) is 6.37. The number of hydrogen-bond acceptors (Lipinski definition) is 5. The first-order valence-electron chi connectivity index (χ1n) is 10.0. The predicted octanol–water partition coefficient (Wildman–Crippen LogP) is 5.70. The topological polar surface area (TPSA) is 59.0 Å². The fourth-order valence-electron chi connectivity index (χ4n) is 3.57. The molecule has 2 aromatic heterocycles. The second-order valence-electron chi connectivity index (χ2n) is 7.49. The number of carbonyl (C=O) groups is 1. The molecular formula is C25H20N4OS. The van der Waals surface area contributed by atoms with Crippen molar-refractivity contribution in [3.8, 4) is 0 Å². The van der Waals surface area contributed by atoms with Gasteiger partial charge in [0.25, 0.3) is 5.91 Å². The van der Waals surface area contributed by atoms with E-state index in [1.807, 2.05) is 36.4 Å². The quantitative estimate of drug-likeness (QED) is 0.371. The number of amides is 1. The number of aryl methyl sites for hydroxylation is 2. The highest BCUT2D eigenvalue weighted by Gasteiger charge is 2.23. The molecule has 0 aliphatic carbocycles. The van der Waals surface area contributed by atoms with E-state index < -0.39 is 0 Å². The van der Waals surface area contributed by atoms with Crippen LogP contribution in [0.25, 0.3) is 21.3 Å². The number of benzene rings is 3. The summed E-state index contributed by atoms with van der Waals surface area (Å²) in [6.45, 7) is 4.60. The van der Waals surface area contributed by atoms with Gasteiger partial charge in [-0.1, -0.05) is 47.7 Å². The first-order valence-corrected chi connectivity index (χ1v) is 10.8. The molecule has 5 aromatic rings. The zero-order chi connectivity index (χ0) is 21.4. The zero-order valence-corrected chi connectivity index (χ0v) is 18.1. The Hall–Kier alpha value is -3.64. The molecule has 0 unspecified atom stereocenters. The number of anilines is 1. The second-order valence-corrected chi connectivity index (χ2v) is 8.50. The van der Waals surface area contributed by atoms with E-state index in [0.29, 0.717) is 22.8 Å². The summed E-state index contributed by atoms with van der Waals surface area (Å²) in [5.74, 6) is -0.107. The van der Waals surface area contributed by atoms with Gasteiger partial charge in [0.05, 0.1) is 27.8 Å². The molecule has 3 aromatic carbocycles. The molecule has 0 bridgehead atoms. The van der Waals surface area contributed by atoms with Crippen LogP contribution >= 0.6 is 11.3 Å². The van der Waals surface area contributed by atoms with Gasteiger partial charge >= 0.3 is 0 Å². The number of thiazole rings is 1. The van der Waals surface area contributed by atoms with Gasteiger partial charge in [-0.05, 0) is 54.8 Å². The minimum absolute atomic E-state index is 0.107. The van der Waals surface area contributed by atoms with Crippen molar-refractivity contribution in [3.63, 3.8) is 0 Å². The summed E-state index contributed by atoms with van der Waals surface area (Å²) in [7, 11) is 0. The Labute approximate surface area is 184 Å². The van der Waals surface area contributed by atoms with Crippen molar-refractivity contribution < 1.29 is 4.79 Å². The number of hydrogen-bond donors (Lipinski definition) is 0. The lowest BCUT2D eigenvalue weighted by atomic mass is 10.1. The van der Waals surface area contributed by atoms with Crippen LogP contribution in [0.2, 0.25) is 0 Å². The van der Waals surface area contributed by atoms with Crippen LogP contribution in [0, 0.1) is 13.8 Å². The maximum atomic E-state index is 13.7. The van der Waals surface area contributed by atoms with E-state index in [1.54, 1.807) is 40.8 Å². The number of fused-ring (bicyclic) bond motifs is 2. The van der Waals surface area contributed by atoms with Gasteiger partial charge in [0, 0.05) is 18.0 Å². The third-order valence-corrected chi connectivity index (χ3v) is 6.49. The van der Waals surface area contributed by atoms with Gasteiger partial charge < -0.3 is 0 Å². The van der Waals surface area contributed by atoms with E-state index in [0.717, 1.165) is 26.9 Å². The molecule has 5 rings (SSSR count). The van der Waals surface area contributed by atoms with Gasteiger partial charge in [0.15, 0.2) is 5.13 Å². The molecule has 0 spiro atoms. The zero-order valence-electron chi connectivity index (χ0n) is 17.2. The summed E-state index contributed by atoms with van der Waals surface area (Å²) in [6, 6.07) is 19.6. The maximum Gasteiger partial charge on any atom is 0.260 e. The highest BCUT2D eigenvalue weighted by atomic mass is 32.1. The fraction of sp³-hybridized carbons (Fsp3) is 0.120. The van der Waals surface area contributed by atoms with Crippen LogP contribution in [0.3, 0.4) is 0 Å². The number of rotatable bonds is 4. The Balaban J connectivity index is 1.61. The van der Waals surface area contributed by atoms with Crippen molar-refractivity contribution in [2.24, 2.45) is 0 Å². The maximum absolute atomic E-state index is 13.7. The first-order chi connectivity index (χ1) is 15.1. The van der Waals surface area contributed by atoms with Crippen LogP contribution < -0.4 is 4.90 Å². The van der Waals surface area contributed by atoms with Crippen LogP contribution in [-0.2, 0) is 6.54 Å². The Morgan fingerprint density at radius 3 is 2.52 bits per heavy atom. The molecule has 6 heteroatoms. The van der Waals surface area contributed by atoms with Crippen LogP contribution in [0.15, 0.2) is 73.1 Å². The van der Waals surface area contributed by atoms with Gasteiger partial charge in [-0.2, -0.15) is 0 Å². The molecule has 1 amide bonds. The Kier molecular flexibility index (Phi) is 4.92. The minimum atomic E-state index is -0.107. The molecular weight excluding hydrogens is 404 g/mol. The molecule has 0 aliphatic rings. The lowest BCUT2D eigenvalue weighted by Gasteiger charge is -2.20. The van der Waals surface area contributed by atoms with Crippen LogP contribution in [0.5, 0.6) is 0 Å². The molecule has 31 heavy (non-hydrogen) atoms. The lowest BCUT2D eigenvalue weighted by Crippen LogP contribution is -2.30. The molecule has 0 radical (unpaired) electrons. The largest absolute Gasteiger partial charge is 0.279 e. The third-order valence-electron chi connectivity index (χ3n) is 5.45. The first kappa shape index (κ1) is 19.3. The van der Waals surface area contributed by atoms with Crippen molar-refractivity contribution in [1.82, 2.24) is 15.0 Å². The van der Waals surface area contributed by atoms with Crippen molar-refractivity contribution >= 4 is 43.6 Å².